The van der Waals surface area contributed by atoms with Crippen LogP contribution < -0.4 is 0 Å². The number of benzene rings is 1. The van der Waals surface area contributed by atoms with Crippen molar-refractivity contribution >= 4 is 22.8 Å². The Morgan fingerprint density at radius 3 is 2.74 bits per heavy atom. The number of carboxylic acid groups (broad SMARTS) is 1. The van der Waals surface area contributed by atoms with Crippen LogP contribution in [0.25, 0.3) is 10.9 Å². The van der Waals surface area contributed by atoms with E-state index >= 15 is 0 Å². The number of carbonyl (C=O) groups excluding carboxylic acids is 1. The summed E-state index contributed by atoms with van der Waals surface area (Å²) >= 11 is 0. The molecule has 0 bridgehead atoms. The van der Waals surface area contributed by atoms with Crippen molar-refractivity contribution in [2.24, 2.45) is 5.92 Å². The maximum atomic E-state index is 13.4. The predicted molar refractivity (Wildman–Crippen MR) is 103 cm³/mol. The van der Waals surface area contributed by atoms with Gasteiger partial charge in [-0.2, -0.15) is 0 Å². The van der Waals surface area contributed by atoms with Crippen LogP contribution in [0.5, 0.6) is 0 Å². The van der Waals surface area contributed by atoms with Crippen LogP contribution in [0, 0.1) is 5.92 Å². The van der Waals surface area contributed by atoms with E-state index in [4.69, 9.17) is 0 Å². The Kier molecular flexibility index (Phi) is 4.07. The first-order valence-corrected chi connectivity index (χ1v) is 9.68. The van der Waals surface area contributed by atoms with Gasteiger partial charge >= 0.3 is 5.97 Å². The van der Waals surface area contributed by atoms with Crippen LogP contribution in [0.1, 0.15) is 45.4 Å². The molecule has 1 fully saturated rings. The Hall–Kier alpha value is -2.34. The average Bonchev–Trinajstić information content (AvgIpc) is 3.08. The van der Waals surface area contributed by atoms with Crippen molar-refractivity contribution in [3.05, 3.63) is 35.5 Å². The van der Waals surface area contributed by atoms with Crippen LogP contribution >= 0.6 is 0 Å². The Bertz CT molecular complexity index is 917. The third-order valence-electron chi connectivity index (χ3n) is 6.53. The number of hydrogen-bond acceptors (Lipinski definition) is 3. The van der Waals surface area contributed by atoms with Crippen LogP contribution in [-0.4, -0.2) is 49.5 Å². The highest BCUT2D eigenvalue weighted by Gasteiger charge is 2.57. The molecule has 0 aliphatic carbocycles. The van der Waals surface area contributed by atoms with Crippen molar-refractivity contribution in [2.45, 2.75) is 64.8 Å². The first-order chi connectivity index (χ1) is 12.8. The maximum Gasteiger partial charge on any atom is 0.326 e. The number of aliphatic carboxylic acids is 1. The summed E-state index contributed by atoms with van der Waals surface area (Å²) in [6.45, 7) is 8.44. The lowest BCUT2D eigenvalue weighted by Crippen LogP contribution is -2.57. The molecular formula is C21H27N3O3. The minimum Gasteiger partial charge on any atom is -0.480 e. The number of nitrogens with zero attached hydrogens (tertiary/aromatic N) is 2. The molecule has 2 aliphatic heterocycles. The number of aromatic amines is 1. The fraction of sp³-hybridized carbons (Fsp3) is 0.524. The number of carbonyl (C=O) groups is 2. The second kappa shape index (κ2) is 6.09. The van der Waals surface area contributed by atoms with E-state index in [9.17, 15) is 14.7 Å². The molecule has 1 aromatic carbocycles. The van der Waals surface area contributed by atoms with Crippen LogP contribution in [0.3, 0.4) is 0 Å². The molecule has 2 N–H and O–H groups in total. The molecule has 1 aromatic heterocycles. The fourth-order valence-electron chi connectivity index (χ4n) is 4.88. The molecule has 2 aromatic rings. The summed E-state index contributed by atoms with van der Waals surface area (Å²) < 4.78 is 0. The van der Waals surface area contributed by atoms with Gasteiger partial charge in [0.1, 0.15) is 6.04 Å². The van der Waals surface area contributed by atoms with Gasteiger partial charge in [0.05, 0.1) is 11.7 Å². The highest BCUT2D eigenvalue weighted by atomic mass is 16.4. The first-order valence-electron chi connectivity index (χ1n) is 9.68. The summed E-state index contributed by atoms with van der Waals surface area (Å²) in [7, 11) is 0. The van der Waals surface area contributed by atoms with E-state index in [1.165, 1.54) is 5.56 Å². The van der Waals surface area contributed by atoms with E-state index in [-0.39, 0.29) is 17.9 Å². The molecule has 27 heavy (non-hydrogen) atoms. The molecule has 3 heterocycles. The van der Waals surface area contributed by atoms with Crippen molar-refractivity contribution < 1.29 is 14.7 Å². The molecule has 1 saturated heterocycles. The highest BCUT2D eigenvalue weighted by molar-refractivity contribution is 5.92. The number of carboxylic acids is 1. The minimum absolute atomic E-state index is 0.0661. The van der Waals surface area contributed by atoms with Crippen LogP contribution in [0.15, 0.2) is 24.3 Å². The van der Waals surface area contributed by atoms with Crippen molar-refractivity contribution in [1.82, 2.24) is 14.8 Å². The molecular weight excluding hydrogens is 342 g/mol. The third kappa shape index (κ3) is 2.50. The first kappa shape index (κ1) is 18.0. The molecule has 6 nitrogen and oxygen atoms in total. The summed E-state index contributed by atoms with van der Waals surface area (Å²) in [5.41, 5.74) is 2.76. The van der Waals surface area contributed by atoms with Crippen LogP contribution in [0.4, 0.5) is 0 Å². The van der Waals surface area contributed by atoms with Crippen LogP contribution in [-0.2, 0) is 22.6 Å². The monoisotopic (exact) mass is 369 g/mol. The van der Waals surface area contributed by atoms with Gasteiger partial charge in [-0.3, -0.25) is 9.69 Å². The molecule has 6 heteroatoms. The van der Waals surface area contributed by atoms with E-state index in [1.54, 1.807) is 4.90 Å². The normalized spacial score (nSPS) is 23.9. The SMILES string of the molecule is CCC(C)[C@@H](C(=O)O)N1C(=O)[C@@H]2Cc3c([nH]c4ccccc34)CN2C1(C)C. The number of nitrogens with one attached hydrogen (secondary N) is 1. The summed E-state index contributed by atoms with van der Waals surface area (Å²) in [4.78, 5) is 32.7. The Balaban J connectivity index is 1.76. The van der Waals surface area contributed by atoms with Gasteiger partial charge in [-0.15, -0.1) is 0 Å². The van der Waals surface area contributed by atoms with E-state index in [2.05, 4.69) is 22.0 Å². The molecule has 1 amide bonds. The summed E-state index contributed by atoms with van der Waals surface area (Å²) in [6, 6.07) is 7.05. The Morgan fingerprint density at radius 1 is 1.37 bits per heavy atom. The lowest BCUT2D eigenvalue weighted by molar-refractivity contribution is -0.156. The van der Waals surface area contributed by atoms with Gasteiger partial charge in [-0.1, -0.05) is 38.5 Å². The van der Waals surface area contributed by atoms with Gasteiger partial charge in [0, 0.05) is 23.1 Å². The summed E-state index contributed by atoms with van der Waals surface area (Å²) in [5, 5.41) is 11.0. The molecule has 3 atom stereocenters. The molecule has 2 aliphatic rings. The number of para-hydroxylation sites is 1. The van der Waals surface area contributed by atoms with Gasteiger partial charge in [-0.25, -0.2) is 4.79 Å². The van der Waals surface area contributed by atoms with E-state index < -0.39 is 17.7 Å². The quantitative estimate of drug-likeness (QED) is 0.869. The van der Waals surface area contributed by atoms with E-state index in [0.717, 1.165) is 16.6 Å². The Labute approximate surface area is 159 Å². The van der Waals surface area contributed by atoms with Gasteiger partial charge in [0.2, 0.25) is 5.91 Å². The fourth-order valence-corrected chi connectivity index (χ4v) is 4.88. The second-order valence-electron chi connectivity index (χ2n) is 8.35. The maximum absolute atomic E-state index is 13.4. The average molecular weight is 369 g/mol. The smallest absolute Gasteiger partial charge is 0.326 e. The van der Waals surface area contributed by atoms with Gasteiger partial charge in [-0.05, 0) is 37.8 Å². The molecule has 1 unspecified atom stereocenters. The largest absolute Gasteiger partial charge is 0.480 e. The van der Waals surface area contributed by atoms with Crippen LogP contribution in [0.2, 0.25) is 0 Å². The van der Waals surface area contributed by atoms with Crippen molar-refractivity contribution in [3.8, 4) is 0 Å². The zero-order valence-electron chi connectivity index (χ0n) is 16.3. The third-order valence-corrected chi connectivity index (χ3v) is 6.53. The van der Waals surface area contributed by atoms with Gasteiger partial charge in [0.15, 0.2) is 0 Å². The molecule has 0 saturated carbocycles. The number of H-pyrrole nitrogens is 1. The molecule has 0 radical (unpaired) electrons. The lowest BCUT2D eigenvalue weighted by Gasteiger charge is -2.43. The van der Waals surface area contributed by atoms with Crippen molar-refractivity contribution in [2.75, 3.05) is 0 Å². The minimum atomic E-state index is -0.922. The Morgan fingerprint density at radius 2 is 2.07 bits per heavy atom. The molecule has 4 rings (SSSR count). The summed E-state index contributed by atoms with van der Waals surface area (Å²) in [6.07, 6.45) is 1.33. The van der Waals surface area contributed by atoms with Gasteiger partial charge < -0.3 is 15.0 Å². The number of fused-ring (bicyclic) bond motifs is 4. The molecule has 0 spiro atoms. The zero-order valence-corrected chi connectivity index (χ0v) is 16.3. The van der Waals surface area contributed by atoms with Crippen molar-refractivity contribution in [3.63, 3.8) is 0 Å². The summed E-state index contributed by atoms with van der Waals surface area (Å²) in [5.74, 6) is -1.09. The zero-order chi connectivity index (χ0) is 19.5. The van der Waals surface area contributed by atoms with Crippen molar-refractivity contribution in [1.29, 1.82) is 0 Å². The second-order valence-corrected chi connectivity index (χ2v) is 8.35. The highest BCUT2D eigenvalue weighted by Crippen LogP contribution is 2.42. The number of hydrogen-bond donors (Lipinski definition) is 2. The number of aromatic nitrogens is 1. The number of amides is 1. The van der Waals surface area contributed by atoms with E-state index in [1.807, 2.05) is 39.8 Å². The predicted octanol–water partition coefficient (Wildman–Crippen LogP) is 2.97. The number of rotatable bonds is 4. The van der Waals surface area contributed by atoms with E-state index in [0.29, 0.717) is 19.4 Å². The topological polar surface area (TPSA) is 76.6 Å². The van der Waals surface area contributed by atoms with Gasteiger partial charge in [0.25, 0.3) is 0 Å². The lowest BCUT2D eigenvalue weighted by atomic mass is 9.95. The standard InChI is InChI=1S/C21H27N3O3/c1-5-12(2)18(20(26)27)24-19(25)17-10-14-13-8-6-7-9-15(13)22-16(14)11-23(17)21(24,3)4/h6-9,12,17-18,22H,5,10-11H2,1-4H3,(H,26,27)/t12?,17-,18-/m0/s1. The molecule has 144 valence electrons.